The minimum atomic E-state index is -0.293. The maximum atomic E-state index is 12.1. The van der Waals surface area contributed by atoms with Crippen molar-refractivity contribution in [3.63, 3.8) is 0 Å². The average molecular weight is 327 g/mol. The van der Waals surface area contributed by atoms with Gasteiger partial charge < -0.3 is 16.2 Å². The van der Waals surface area contributed by atoms with Gasteiger partial charge in [-0.1, -0.05) is 12.8 Å². The first kappa shape index (κ1) is 14.3. The van der Waals surface area contributed by atoms with E-state index in [1.807, 2.05) is 0 Å². The van der Waals surface area contributed by atoms with Gasteiger partial charge in [-0.2, -0.15) is 0 Å². The van der Waals surface area contributed by atoms with E-state index in [2.05, 4.69) is 21.2 Å². The summed E-state index contributed by atoms with van der Waals surface area (Å²) in [5.74, 6) is 0.00878. The Morgan fingerprint density at radius 2 is 2.16 bits per heavy atom. The summed E-state index contributed by atoms with van der Waals surface area (Å²) in [5.41, 5.74) is 6.78. The Labute approximate surface area is 121 Å². The molecule has 1 fully saturated rings. The number of carbonyl (C=O) groups is 1. The van der Waals surface area contributed by atoms with Gasteiger partial charge in [-0.25, -0.2) is 0 Å². The largest absolute Gasteiger partial charge is 0.399 e. The first-order chi connectivity index (χ1) is 9.08. The van der Waals surface area contributed by atoms with Crippen molar-refractivity contribution in [1.29, 1.82) is 0 Å². The number of amides is 1. The van der Waals surface area contributed by atoms with Gasteiger partial charge in [-0.3, -0.25) is 4.79 Å². The van der Waals surface area contributed by atoms with Crippen molar-refractivity contribution in [1.82, 2.24) is 5.32 Å². The number of anilines is 1. The average Bonchev–Trinajstić information content (AvgIpc) is 2.40. The van der Waals surface area contributed by atoms with Gasteiger partial charge in [-0.15, -0.1) is 0 Å². The van der Waals surface area contributed by atoms with Crippen LogP contribution in [0.5, 0.6) is 0 Å². The van der Waals surface area contributed by atoms with Crippen LogP contribution in [0.1, 0.15) is 36.0 Å². The maximum absolute atomic E-state index is 12.1. The third-order valence-electron chi connectivity index (χ3n) is 3.63. The Kier molecular flexibility index (Phi) is 4.82. The van der Waals surface area contributed by atoms with Gasteiger partial charge in [0.05, 0.1) is 11.7 Å². The molecule has 1 aromatic carbocycles. The summed E-state index contributed by atoms with van der Waals surface area (Å²) in [5, 5.41) is 12.8. The monoisotopic (exact) mass is 326 g/mol. The second-order valence-corrected chi connectivity index (χ2v) is 5.92. The third kappa shape index (κ3) is 3.70. The van der Waals surface area contributed by atoms with Gasteiger partial charge in [0.1, 0.15) is 0 Å². The van der Waals surface area contributed by atoms with Crippen LogP contribution in [0.25, 0.3) is 0 Å². The highest BCUT2D eigenvalue weighted by Crippen LogP contribution is 2.24. The number of hydrogen-bond donors (Lipinski definition) is 3. The molecule has 4 nitrogen and oxygen atoms in total. The second-order valence-electron chi connectivity index (χ2n) is 5.06. The van der Waals surface area contributed by atoms with E-state index >= 15 is 0 Å². The second kappa shape index (κ2) is 6.39. The number of carbonyl (C=O) groups excluding carboxylic acids is 1. The lowest BCUT2D eigenvalue weighted by Crippen LogP contribution is -2.36. The van der Waals surface area contributed by atoms with Crippen LogP contribution in [0.2, 0.25) is 0 Å². The van der Waals surface area contributed by atoms with E-state index in [1.165, 1.54) is 0 Å². The Morgan fingerprint density at radius 3 is 2.89 bits per heavy atom. The van der Waals surface area contributed by atoms with Crippen molar-refractivity contribution >= 4 is 27.5 Å². The van der Waals surface area contributed by atoms with Crippen molar-refractivity contribution in [2.45, 2.75) is 31.8 Å². The van der Waals surface area contributed by atoms with Crippen molar-refractivity contribution in [3.8, 4) is 0 Å². The molecule has 1 aromatic rings. The minimum absolute atomic E-state index is 0.156. The molecule has 1 saturated carbocycles. The molecule has 5 heteroatoms. The van der Waals surface area contributed by atoms with Crippen LogP contribution in [0.3, 0.4) is 0 Å². The minimum Gasteiger partial charge on any atom is -0.399 e. The molecule has 4 N–H and O–H groups in total. The summed E-state index contributed by atoms with van der Waals surface area (Å²) < 4.78 is 0.725. The van der Waals surface area contributed by atoms with E-state index in [4.69, 9.17) is 5.73 Å². The zero-order valence-electron chi connectivity index (χ0n) is 10.7. The lowest BCUT2D eigenvalue weighted by Gasteiger charge is -2.27. The van der Waals surface area contributed by atoms with Crippen LogP contribution in [0, 0.1) is 5.92 Å². The lowest BCUT2D eigenvalue weighted by molar-refractivity contribution is 0.0662. The molecule has 2 rings (SSSR count). The van der Waals surface area contributed by atoms with Gasteiger partial charge in [0.15, 0.2) is 0 Å². The summed E-state index contributed by atoms with van der Waals surface area (Å²) in [7, 11) is 0. The molecule has 0 bridgehead atoms. The fourth-order valence-corrected chi connectivity index (χ4v) is 2.89. The van der Waals surface area contributed by atoms with E-state index in [1.54, 1.807) is 18.2 Å². The highest BCUT2D eigenvalue weighted by molar-refractivity contribution is 9.10. The summed E-state index contributed by atoms with van der Waals surface area (Å²) in [4.78, 5) is 12.1. The number of nitrogens with one attached hydrogen (secondary N) is 1. The number of rotatable bonds is 3. The Bertz CT molecular complexity index is 465. The zero-order valence-corrected chi connectivity index (χ0v) is 12.3. The van der Waals surface area contributed by atoms with Crippen LogP contribution < -0.4 is 11.1 Å². The SMILES string of the molecule is Nc1ccc(Br)c(C(=O)NCC2CCCCC2O)c1. The highest BCUT2D eigenvalue weighted by atomic mass is 79.9. The number of aliphatic hydroxyl groups is 1. The maximum Gasteiger partial charge on any atom is 0.252 e. The third-order valence-corrected chi connectivity index (χ3v) is 4.32. The molecule has 0 aliphatic heterocycles. The first-order valence-corrected chi connectivity index (χ1v) is 7.38. The standard InChI is InChI=1S/C14H19BrN2O2/c15-12-6-5-10(16)7-11(12)14(19)17-8-9-3-1-2-4-13(9)18/h5-7,9,13,18H,1-4,8,16H2,(H,17,19). The molecule has 104 valence electrons. The Morgan fingerprint density at radius 1 is 1.42 bits per heavy atom. The molecule has 0 saturated heterocycles. The molecule has 1 aliphatic carbocycles. The number of hydrogen-bond acceptors (Lipinski definition) is 3. The van der Waals surface area contributed by atoms with E-state index in [-0.39, 0.29) is 17.9 Å². The summed E-state index contributed by atoms with van der Waals surface area (Å²) in [6.45, 7) is 0.515. The molecule has 1 amide bonds. The quantitative estimate of drug-likeness (QED) is 0.746. The predicted molar refractivity (Wildman–Crippen MR) is 78.9 cm³/mol. The first-order valence-electron chi connectivity index (χ1n) is 6.59. The normalized spacial score (nSPS) is 23.1. The van der Waals surface area contributed by atoms with Crippen LogP contribution in [-0.4, -0.2) is 23.7 Å². The molecular formula is C14H19BrN2O2. The Balaban J connectivity index is 1.95. The van der Waals surface area contributed by atoms with Crippen LogP contribution in [0.15, 0.2) is 22.7 Å². The molecule has 19 heavy (non-hydrogen) atoms. The molecule has 0 spiro atoms. The summed E-state index contributed by atoms with van der Waals surface area (Å²) >= 11 is 3.34. The van der Waals surface area contributed by atoms with Crippen LogP contribution in [0.4, 0.5) is 5.69 Å². The number of benzene rings is 1. The van der Waals surface area contributed by atoms with Crippen LogP contribution >= 0.6 is 15.9 Å². The topological polar surface area (TPSA) is 75.4 Å². The lowest BCUT2D eigenvalue weighted by atomic mass is 9.86. The molecule has 0 aromatic heterocycles. The zero-order chi connectivity index (χ0) is 13.8. The van der Waals surface area contributed by atoms with E-state index in [0.29, 0.717) is 17.8 Å². The smallest absolute Gasteiger partial charge is 0.252 e. The summed E-state index contributed by atoms with van der Waals surface area (Å²) in [6.07, 6.45) is 3.71. The summed E-state index contributed by atoms with van der Waals surface area (Å²) in [6, 6.07) is 5.15. The number of halogens is 1. The molecule has 0 radical (unpaired) electrons. The van der Waals surface area contributed by atoms with Gasteiger partial charge >= 0.3 is 0 Å². The number of nitrogen functional groups attached to an aromatic ring is 1. The van der Waals surface area contributed by atoms with Gasteiger partial charge in [-0.05, 0) is 47.0 Å². The molecular weight excluding hydrogens is 308 g/mol. The van der Waals surface area contributed by atoms with Crippen molar-refractivity contribution in [3.05, 3.63) is 28.2 Å². The number of aliphatic hydroxyl groups excluding tert-OH is 1. The van der Waals surface area contributed by atoms with Gasteiger partial charge in [0, 0.05) is 22.6 Å². The van der Waals surface area contributed by atoms with Crippen molar-refractivity contribution < 1.29 is 9.90 Å². The highest BCUT2D eigenvalue weighted by Gasteiger charge is 2.23. The fourth-order valence-electron chi connectivity index (χ4n) is 2.46. The van der Waals surface area contributed by atoms with Crippen LogP contribution in [-0.2, 0) is 0 Å². The fraction of sp³-hybridized carbons (Fsp3) is 0.500. The predicted octanol–water partition coefficient (Wildman–Crippen LogP) is 2.31. The van der Waals surface area contributed by atoms with E-state index < -0.39 is 0 Å². The van der Waals surface area contributed by atoms with Crippen molar-refractivity contribution in [2.24, 2.45) is 5.92 Å². The van der Waals surface area contributed by atoms with Gasteiger partial charge in [0.2, 0.25) is 0 Å². The number of nitrogens with two attached hydrogens (primary N) is 1. The van der Waals surface area contributed by atoms with E-state index in [9.17, 15) is 9.90 Å². The van der Waals surface area contributed by atoms with Crippen molar-refractivity contribution in [2.75, 3.05) is 12.3 Å². The van der Waals surface area contributed by atoms with E-state index in [0.717, 1.165) is 30.2 Å². The Hall–Kier alpha value is -1.07. The molecule has 1 aliphatic rings. The van der Waals surface area contributed by atoms with Gasteiger partial charge in [0.25, 0.3) is 5.91 Å². The molecule has 2 atom stereocenters. The molecule has 0 heterocycles. The molecule has 2 unspecified atom stereocenters.